The van der Waals surface area contributed by atoms with Crippen molar-refractivity contribution in [1.82, 2.24) is 4.57 Å². The molecule has 1 aromatic heterocycles. The Morgan fingerprint density at radius 1 is 1.24 bits per heavy atom. The highest BCUT2D eigenvalue weighted by atomic mass is 35.5. The van der Waals surface area contributed by atoms with E-state index >= 15 is 0 Å². The van der Waals surface area contributed by atoms with Gasteiger partial charge in [-0.15, -0.1) is 0 Å². The van der Waals surface area contributed by atoms with Crippen molar-refractivity contribution >= 4 is 22.5 Å². The molecular formula is C14H17ClN2. The number of halogens is 1. The Balaban J connectivity index is 2.29. The van der Waals surface area contributed by atoms with Crippen LogP contribution in [0.3, 0.4) is 0 Å². The van der Waals surface area contributed by atoms with E-state index in [1.807, 2.05) is 6.07 Å². The van der Waals surface area contributed by atoms with Crippen molar-refractivity contribution in [3.05, 3.63) is 34.5 Å². The summed E-state index contributed by atoms with van der Waals surface area (Å²) in [6.07, 6.45) is 4.98. The molecule has 1 aromatic carbocycles. The molecule has 1 aliphatic carbocycles. The molecule has 2 aromatic rings. The largest absolute Gasteiger partial charge is 0.343 e. The van der Waals surface area contributed by atoms with Crippen molar-refractivity contribution in [3.63, 3.8) is 0 Å². The van der Waals surface area contributed by atoms with E-state index < -0.39 is 0 Å². The Kier molecular flexibility index (Phi) is 2.85. The van der Waals surface area contributed by atoms with Crippen LogP contribution in [-0.2, 0) is 19.4 Å². The second kappa shape index (κ2) is 4.35. The highest BCUT2D eigenvalue weighted by molar-refractivity contribution is 6.31. The second-order valence-electron chi connectivity index (χ2n) is 4.73. The van der Waals surface area contributed by atoms with E-state index in [4.69, 9.17) is 17.3 Å². The fourth-order valence-corrected chi connectivity index (χ4v) is 3.16. The number of hydrogen-bond acceptors (Lipinski definition) is 1. The first-order valence-corrected chi connectivity index (χ1v) is 6.68. The maximum Gasteiger partial charge on any atom is 0.0500 e. The number of aromatic nitrogens is 1. The average Bonchev–Trinajstić information content (AvgIpc) is 2.65. The van der Waals surface area contributed by atoms with Crippen molar-refractivity contribution in [1.29, 1.82) is 0 Å². The maximum absolute atomic E-state index is 6.11. The van der Waals surface area contributed by atoms with Crippen LogP contribution in [0.4, 0.5) is 0 Å². The van der Waals surface area contributed by atoms with Crippen LogP contribution < -0.4 is 5.73 Å². The van der Waals surface area contributed by atoms with Gasteiger partial charge in [0.1, 0.15) is 0 Å². The third-order valence-corrected chi connectivity index (χ3v) is 3.93. The summed E-state index contributed by atoms with van der Waals surface area (Å²) < 4.78 is 2.37. The van der Waals surface area contributed by atoms with Crippen LogP contribution in [0, 0.1) is 0 Å². The first-order chi connectivity index (χ1) is 8.31. The molecule has 90 valence electrons. The molecule has 2 N–H and O–H groups in total. The molecule has 0 amide bonds. The third-order valence-electron chi connectivity index (χ3n) is 3.69. The van der Waals surface area contributed by atoms with Gasteiger partial charge in [0.2, 0.25) is 0 Å². The van der Waals surface area contributed by atoms with Gasteiger partial charge in [0.05, 0.1) is 5.52 Å². The number of fused-ring (bicyclic) bond motifs is 3. The lowest BCUT2D eigenvalue weighted by atomic mass is 9.95. The van der Waals surface area contributed by atoms with Crippen molar-refractivity contribution in [2.45, 2.75) is 32.2 Å². The van der Waals surface area contributed by atoms with E-state index in [1.165, 1.54) is 47.8 Å². The van der Waals surface area contributed by atoms with E-state index in [-0.39, 0.29) is 0 Å². The molecule has 0 aliphatic heterocycles. The topological polar surface area (TPSA) is 30.9 Å². The summed E-state index contributed by atoms with van der Waals surface area (Å²) in [5.74, 6) is 0. The van der Waals surface area contributed by atoms with Crippen molar-refractivity contribution in [2.24, 2.45) is 5.73 Å². The highest BCUT2D eigenvalue weighted by Crippen LogP contribution is 2.33. The Bertz CT molecular complexity index is 557. The van der Waals surface area contributed by atoms with Gasteiger partial charge in [-0.05, 0) is 43.4 Å². The first-order valence-electron chi connectivity index (χ1n) is 6.31. The molecular weight excluding hydrogens is 232 g/mol. The molecule has 0 atom stereocenters. The number of benzene rings is 1. The van der Waals surface area contributed by atoms with Gasteiger partial charge in [-0.1, -0.05) is 17.7 Å². The van der Waals surface area contributed by atoms with Crippen LogP contribution in [-0.4, -0.2) is 11.1 Å². The van der Waals surface area contributed by atoms with Gasteiger partial charge in [-0.3, -0.25) is 0 Å². The number of nitrogens with zero attached hydrogens (tertiary/aromatic N) is 1. The van der Waals surface area contributed by atoms with E-state index in [2.05, 4.69) is 16.7 Å². The average molecular weight is 249 g/mol. The summed E-state index contributed by atoms with van der Waals surface area (Å²) in [7, 11) is 0. The van der Waals surface area contributed by atoms with Crippen LogP contribution in [0.15, 0.2) is 18.2 Å². The third kappa shape index (κ3) is 1.76. The molecule has 3 rings (SSSR count). The Morgan fingerprint density at radius 3 is 2.88 bits per heavy atom. The predicted molar refractivity (Wildman–Crippen MR) is 72.6 cm³/mol. The summed E-state index contributed by atoms with van der Waals surface area (Å²) in [5.41, 5.74) is 10.00. The van der Waals surface area contributed by atoms with E-state index in [9.17, 15) is 0 Å². The molecule has 0 bridgehead atoms. The molecule has 17 heavy (non-hydrogen) atoms. The fourth-order valence-electron chi connectivity index (χ4n) is 2.99. The van der Waals surface area contributed by atoms with Crippen LogP contribution in [0.25, 0.3) is 10.9 Å². The summed E-state index contributed by atoms with van der Waals surface area (Å²) in [6, 6.07) is 6.23. The Morgan fingerprint density at radius 2 is 2.06 bits per heavy atom. The van der Waals surface area contributed by atoms with Crippen molar-refractivity contribution in [3.8, 4) is 0 Å². The van der Waals surface area contributed by atoms with E-state index in [0.29, 0.717) is 6.54 Å². The second-order valence-corrected chi connectivity index (χ2v) is 5.17. The Hall–Kier alpha value is -0.990. The van der Waals surface area contributed by atoms with Crippen molar-refractivity contribution < 1.29 is 0 Å². The lowest BCUT2D eigenvalue weighted by molar-refractivity contribution is 0.617. The molecule has 0 saturated heterocycles. The molecule has 3 heteroatoms. The fraction of sp³-hybridized carbons (Fsp3) is 0.429. The van der Waals surface area contributed by atoms with Crippen LogP contribution in [0.1, 0.15) is 24.1 Å². The minimum absolute atomic E-state index is 0.683. The lowest BCUT2D eigenvalue weighted by Crippen LogP contribution is -2.14. The van der Waals surface area contributed by atoms with Gasteiger partial charge in [0.15, 0.2) is 0 Å². The number of nitrogens with two attached hydrogens (primary N) is 1. The minimum atomic E-state index is 0.683. The SMILES string of the molecule is NCCn1c2c(c3ccc(Cl)cc31)CCCC2. The Labute approximate surface area is 106 Å². The summed E-state index contributed by atoms with van der Waals surface area (Å²) in [6.45, 7) is 1.58. The summed E-state index contributed by atoms with van der Waals surface area (Å²) in [4.78, 5) is 0. The van der Waals surface area contributed by atoms with E-state index in [0.717, 1.165) is 11.6 Å². The predicted octanol–water partition coefficient (Wildman–Crippen LogP) is 3.13. The molecule has 2 nitrogen and oxygen atoms in total. The van der Waals surface area contributed by atoms with Crippen LogP contribution in [0.2, 0.25) is 5.02 Å². The first kappa shape index (κ1) is 11.1. The van der Waals surface area contributed by atoms with Crippen molar-refractivity contribution in [2.75, 3.05) is 6.54 Å². The summed E-state index contributed by atoms with van der Waals surface area (Å²) >= 11 is 6.11. The quantitative estimate of drug-likeness (QED) is 0.870. The molecule has 1 heterocycles. The number of hydrogen-bond donors (Lipinski definition) is 1. The van der Waals surface area contributed by atoms with E-state index in [1.54, 1.807) is 0 Å². The van der Waals surface area contributed by atoms with Gasteiger partial charge in [-0.2, -0.15) is 0 Å². The molecule has 0 fully saturated rings. The molecule has 0 saturated carbocycles. The maximum atomic E-state index is 6.11. The van der Waals surface area contributed by atoms with Gasteiger partial charge < -0.3 is 10.3 Å². The molecule has 0 radical (unpaired) electrons. The zero-order valence-corrected chi connectivity index (χ0v) is 10.6. The molecule has 0 spiro atoms. The monoisotopic (exact) mass is 248 g/mol. The van der Waals surface area contributed by atoms with Gasteiger partial charge in [-0.25, -0.2) is 0 Å². The standard InChI is InChI=1S/C14H17ClN2/c15-10-5-6-12-11-3-1-2-4-13(11)17(8-7-16)14(12)9-10/h5-6,9H,1-4,7-8,16H2. The van der Waals surface area contributed by atoms with Gasteiger partial charge in [0.25, 0.3) is 0 Å². The van der Waals surface area contributed by atoms with Gasteiger partial charge >= 0.3 is 0 Å². The van der Waals surface area contributed by atoms with Crippen LogP contribution in [0.5, 0.6) is 0 Å². The molecule has 0 unspecified atom stereocenters. The normalized spacial score (nSPS) is 15.2. The van der Waals surface area contributed by atoms with Gasteiger partial charge in [0, 0.05) is 29.2 Å². The minimum Gasteiger partial charge on any atom is -0.343 e. The number of aryl methyl sites for hydroxylation is 1. The zero-order valence-electron chi connectivity index (χ0n) is 9.88. The molecule has 1 aliphatic rings. The highest BCUT2D eigenvalue weighted by Gasteiger charge is 2.19. The zero-order chi connectivity index (χ0) is 11.8. The summed E-state index contributed by atoms with van der Waals surface area (Å²) in [5, 5.41) is 2.18. The number of rotatable bonds is 2. The smallest absolute Gasteiger partial charge is 0.0500 e. The van der Waals surface area contributed by atoms with Crippen LogP contribution >= 0.6 is 11.6 Å². The lowest BCUT2D eigenvalue weighted by Gasteiger charge is -2.15.